The molecular weight excluding hydrogens is 831 g/mol. The molecular formula is C68H47N. The van der Waals surface area contributed by atoms with Crippen LogP contribution in [0.2, 0.25) is 0 Å². The summed E-state index contributed by atoms with van der Waals surface area (Å²) in [7, 11) is 0. The van der Waals surface area contributed by atoms with E-state index in [1.54, 1.807) is 0 Å². The molecule has 0 aromatic heterocycles. The lowest BCUT2D eigenvalue weighted by atomic mass is 9.82. The van der Waals surface area contributed by atoms with Gasteiger partial charge in [-0.2, -0.15) is 0 Å². The van der Waals surface area contributed by atoms with Crippen LogP contribution in [0.25, 0.3) is 99.4 Å². The highest BCUT2D eigenvalue weighted by atomic mass is 15.1. The average Bonchev–Trinajstić information content (AvgIpc) is 3.44. The minimum atomic E-state index is 1.07. The molecule has 0 aliphatic carbocycles. The van der Waals surface area contributed by atoms with E-state index in [2.05, 4.69) is 290 Å². The van der Waals surface area contributed by atoms with Gasteiger partial charge in [0.15, 0.2) is 0 Å². The molecule has 0 aliphatic rings. The number of fused-ring (bicyclic) bond motifs is 3. The predicted molar refractivity (Wildman–Crippen MR) is 294 cm³/mol. The molecule has 0 heterocycles. The van der Waals surface area contributed by atoms with Gasteiger partial charge in [-0.05, 0) is 142 Å². The van der Waals surface area contributed by atoms with Crippen LogP contribution < -0.4 is 4.90 Å². The summed E-state index contributed by atoms with van der Waals surface area (Å²) in [6.45, 7) is 0. The molecule has 0 unspecified atom stereocenters. The fourth-order valence-corrected chi connectivity index (χ4v) is 10.1. The van der Waals surface area contributed by atoms with Gasteiger partial charge in [-0.3, -0.25) is 0 Å². The summed E-state index contributed by atoms with van der Waals surface area (Å²) in [5.41, 5.74) is 20.0. The van der Waals surface area contributed by atoms with Crippen molar-refractivity contribution >= 4 is 38.6 Å². The fraction of sp³-hybridized carbons (Fsp3) is 0. The topological polar surface area (TPSA) is 3.24 Å². The van der Waals surface area contributed by atoms with Crippen LogP contribution in [0.5, 0.6) is 0 Å². The van der Waals surface area contributed by atoms with Crippen molar-refractivity contribution in [2.75, 3.05) is 4.90 Å². The molecule has 1 heteroatoms. The van der Waals surface area contributed by atoms with Crippen LogP contribution in [0.3, 0.4) is 0 Å². The largest absolute Gasteiger partial charge is 0.310 e. The Morgan fingerprint density at radius 3 is 1.01 bits per heavy atom. The maximum Gasteiger partial charge on any atom is 0.0473 e. The summed E-state index contributed by atoms with van der Waals surface area (Å²) in [4.78, 5) is 2.41. The molecule has 12 aromatic carbocycles. The van der Waals surface area contributed by atoms with Crippen LogP contribution in [0.15, 0.2) is 285 Å². The Bertz CT molecular complexity index is 3640. The summed E-state index contributed by atoms with van der Waals surface area (Å²) in [5.74, 6) is 0. The lowest BCUT2D eigenvalue weighted by Gasteiger charge is -2.27. The molecule has 0 spiro atoms. The van der Waals surface area contributed by atoms with Crippen molar-refractivity contribution < 1.29 is 0 Å². The summed E-state index contributed by atoms with van der Waals surface area (Å²) in [6, 6.07) is 104. The molecule has 324 valence electrons. The van der Waals surface area contributed by atoms with E-state index < -0.39 is 0 Å². The highest BCUT2D eigenvalue weighted by Gasteiger charge is 2.21. The molecule has 12 rings (SSSR count). The molecule has 0 saturated heterocycles. The van der Waals surface area contributed by atoms with Crippen molar-refractivity contribution in [3.05, 3.63) is 285 Å². The maximum absolute atomic E-state index is 2.41. The van der Waals surface area contributed by atoms with Crippen LogP contribution in [-0.2, 0) is 0 Å². The molecule has 0 radical (unpaired) electrons. The highest BCUT2D eigenvalue weighted by molar-refractivity contribution is 6.25. The quantitative estimate of drug-likeness (QED) is 0.124. The minimum absolute atomic E-state index is 1.07. The van der Waals surface area contributed by atoms with Crippen molar-refractivity contribution in [1.29, 1.82) is 0 Å². The predicted octanol–water partition coefficient (Wildman–Crippen LogP) is 19.1. The molecule has 0 atom stereocenters. The second kappa shape index (κ2) is 18.3. The van der Waals surface area contributed by atoms with Crippen molar-refractivity contribution in [3.8, 4) is 77.9 Å². The molecule has 1 nitrogen and oxygen atoms in total. The van der Waals surface area contributed by atoms with Crippen LogP contribution in [0.4, 0.5) is 17.1 Å². The van der Waals surface area contributed by atoms with Gasteiger partial charge in [0.05, 0.1) is 0 Å². The van der Waals surface area contributed by atoms with Gasteiger partial charge in [0.1, 0.15) is 0 Å². The zero-order chi connectivity index (χ0) is 45.9. The molecule has 0 aliphatic heterocycles. The van der Waals surface area contributed by atoms with Crippen LogP contribution >= 0.6 is 0 Å². The van der Waals surface area contributed by atoms with Gasteiger partial charge in [-0.15, -0.1) is 0 Å². The Morgan fingerprint density at radius 1 is 0.188 bits per heavy atom. The van der Waals surface area contributed by atoms with Crippen molar-refractivity contribution in [1.82, 2.24) is 0 Å². The van der Waals surface area contributed by atoms with Gasteiger partial charge in [0.2, 0.25) is 0 Å². The number of hydrogen-bond donors (Lipinski definition) is 0. The minimum Gasteiger partial charge on any atom is -0.310 e. The SMILES string of the molecule is c1ccc(-c2ccc(-c3ccc(N(c4ccc(-c5cccc6c5c(-c5ccccc5)c(-c5ccccc5)c5ccccc56)cc4)c4cc(-c5ccccc5)cc(-c5ccccc5)c4)cc3)cc2)cc1. The molecule has 0 bridgehead atoms. The van der Waals surface area contributed by atoms with E-state index in [1.807, 2.05) is 0 Å². The van der Waals surface area contributed by atoms with E-state index in [9.17, 15) is 0 Å². The number of benzene rings is 12. The van der Waals surface area contributed by atoms with Crippen molar-refractivity contribution in [3.63, 3.8) is 0 Å². The van der Waals surface area contributed by atoms with Crippen molar-refractivity contribution in [2.45, 2.75) is 0 Å². The molecule has 0 N–H and O–H groups in total. The highest BCUT2D eigenvalue weighted by Crippen LogP contribution is 2.48. The molecule has 0 fully saturated rings. The van der Waals surface area contributed by atoms with Gasteiger partial charge in [0.25, 0.3) is 0 Å². The van der Waals surface area contributed by atoms with E-state index in [0.29, 0.717) is 0 Å². The molecule has 0 saturated carbocycles. The Balaban J connectivity index is 1.02. The summed E-state index contributed by atoms with van der Waals surface area (Å²) >= 11 is 0. The van der Waals surface area contributed by atoms with E-state index in [-0.39, 0.29) is 0 Å². The molecule has 0 amide bonds. The van der Waals surface area contributed by atoms with E-state index >= 15 is 0 Å². The second-order valence-corrected chi connectivity index (χ2v) is 17.6. The van der Waals surface area contributed by atoms with Gasteiger partial charge in [0, 0.05) is 17.1 Å². The molecule has 69 heavy (non-hydrogen) atoms. The Labute approximate surface area is 404 Å². The first-order valence-corrected chi connectivity index (χ1v) is 23.7. The Morgan fingerprint density at radius 2 is 0.536 bits per heavy atom. The zero-order valence-electron chi connectivity index (χ0n) is 38.1. The Hall–Kier alpha value is -9.04. The Kier molecular flexibility index (Phi) is 11.0. The average molecular weight is 878 g/mol. The number of rotatable bonds is 10. The smallest absolute Gasteiger partial charge is 0.0473 e. The van der Waals surface area contributed by atoms with Crippen LogP contribution in [0.1, 0.15) is 0 Å². The third-order valence-corrected chi connectivity index (χ3v) is 13.5. The first-order chi connectivity index (χ1) is 34.2. The first kappa shape index (κ1) is 41.4. The lowest BCUT2D eigenvalue weighted by molar-refractivity contribution is 1.28. The first-order valence-electron chi connectivity index (χ1n) is 23.7. The summed E-state index contributed by atoms with van der Waals surface area (Å²) in [5, 5.41) is 4.99. The second-order valence-electron chi connectivity index (χ2n) is 17.6. The van der Waals surface area contributed by atoms with Crippen LogP contribution in [-0.4, -0.2) is 0 Å². The van der Waals surface area contributed by atoms with Gasteiger partial charge in [-0.25, -0.2) is 0 Å². The molecule has 12 aromatic rings. The van der Waals surface area contributed by atoms with Gasteiger partial charge >= 0.3 is 0 Å². The maximum atomic E-state index is 2.41. The van der Waals surface area contributed by atoms with Crippen molar-refractivity contribution in [2.24, 2.45) is 0 Å². The van der Waals surface area contributed by atoms with E-state index in [4.69, 9.17) is 0 Å². The number of nitrogens with zero attached hydrogens (tertiary/aromatic N) is 1. The normalized spacial score (nSPS) is 11.2. The summed E-state index contributed by atoms with van der Waals surface area (Å²) < 4.78 is 0. The van der Waals surface area contributed by atoms with Crippen LogP contribution in [0, 0.1) is 0 Å². The summed E-state index contributed by atoms with van der Waals surface area (Å²) in [6.07, 6.45) is 0. The number of anilines is 3. The lowest BCUT2D eigenvalue weighted by Crippen LogP contribution is -2.10. The van der Waals surface area contributed by atoms with E-state index in [0.717, 1.165) is 33.8 Å². The fourth-order valence-electron chi connectivity index (χ4n) is 10.1. The van der Waals surface area contributed by atoms with E-state index in [1.165, 1.54) is 82.7 Å². The monoisotopic (exact) mass is 877 g/mol. The van der Waals surface area contributed by atoms with Gasteiger partial charge in [-0.1, -0.05) is 243 Å². The zero-order valence-corrected chi connectivity index (χ0v) is 38.1. The van der Waals surface area contributed by atoms with Gasteiger partial charge < -0.3 is 4.90 Å². The standard InChI is InChI=1S/C68H47N/c1-6-19-48(20-7-1)51-33-35-52(36-34-51)53-37-41-59(42-38-53)69(61-46-57(49-21-8-2-9-22-49)45-58(47-61)50-23-10-3-11-24-50)60-43-39-54(40-44-60)62-31-18-32-65-63-29-16-17-30-64(63)66(55-25-12-4-13-26-55)67(68(62)65)56-27-14-5-15-28-56/h1-47H. The third kappa shape index (κ3) is 8.07. The third-order valence-electron chi connectivity index (χ3n) is 13.5. The number of hydrogen-bond acceptors (Lipinski definition) is 1.